The molecule has 6 heteroatoms. The Hall–Kier alpha value is -3.09. The number of anilines is 1. The predicted octanol–water partition coefficient (Wildman–Crippen LogP) is 6.83. The largest absolute Gasteiger partial charge is 0.298 e. The first kappa shape index (κ1) is 18.9. The smallest absolute Gasteiger partial charge is 0.258 e. The summed E-state index contributed by atoms with van der Waals surface area (Å²) in [4.78, 5) is 22.6. The van der Waals surface area contributed by atoms with Gasteiger partial charge in [-0.05, 0) is 48.9 Å². The van der Waals surface area contributed by atoms with E-state index in [0.717, 1.165) is 36.8 Å². The minimum atomic E-state index is -0.194. The molecule has 3 aromatic carbocycles. The van der Waals surface area contributed by atoms with Crippen LogP contribution in [0, 0.1) is 6.92 Å². The van der Waals surface area contributed by atoms with E-state index < -0.39 is 0 Å². The molecule has 5 rings (SSSR count). The van der Waals surface area contributed by atoms with Crippen LogP contribution in [0.5, 0.6) is 0 Å². The molecular formula is C24H16BrN3OS. The molecule has 0 fully saturated rings. The van der Waals surface area contributed by atoms with Gasteiger partial charge in [-0.3, -0.25) is 10.1 Å². The molecule has 0 saturated heterocycles. The summed E-state index contributed by atoms with van der Waals surface area (Å²) in [7, 11) is 0. The van der Waals surface area contributed by atoms with E-state index in [4.69, 9.17) is 4.98 Å². The zero-order valence-corrected chi connectivity index (χ0v) is 18.4. The van der Waals surface area contributed by atoms with E-state index in [1.807, 2.05) is 73.7 Å². The molecule has 2 heterocycles. The minimum Gasteiger partial charge on any atom is -0.298 e. The summed E-state index contributed by atoms with van der Waals surface area (Å²) in [5, 5.41) is 4.38. The molecule has 4 nitrogen and oxygen atoms in total. The highest BCUT2D eigenvalue weighted by Crippen LogP contribution is 2.30. The van der Waals surface area contributed by atoms with Crippen molar-refractivity contribution in [3.05, 3.63) is 88.4 Å². The molecule has 0 bridgehead atoms. The lowest BCUT2D eigenvalue weighted by atomic mass is 10.0. The molecule has 1 amide bonds. The molecule has 1 N–H and O–H groups in total. The summed E-state index contributed by atoms with van der Waals surface area (Å²) in [6.45, 7) is 2.05. The predicted molar refractivity (Wildman–Crippen MR) is 127 cm³/mol. The van der Waals surface area contributed by atoms with Gasteiger partial charge in [0.05, 0.1) is 27.0 Å². The molecule has 0 aliphatic carbocycles. The number of pyridine rings is 1. The van der Waals surface area contributed by atoms with Gasteiger partial charge in [0.1, 0.15) is 0 Å². The van der Waals surface area contributed by atoms with Crippen LogP contribution in [-0.2, 0) is 0 Å². The Morgan fingerprint density at radius 1 is 0.933 bits per heavy atom. The first-order valence-corrected chi connectivity index (χ1v) is 11.0. The van der Waals surface area contributed by atoms with Crippen LogP contribution in [0.4, 0.5) is 5.13 Å². The molecular weight excluding hydrogens is 458 g/mol. The summed E-state index contributed by atoms with van der Waals surface area (Å²) in [6, 6.07) is 23.5. The van der Waals surface area contributed by atoms with Crippen molar-refractivity contribution in [3.8, 4) is 11.3 Å². The summed E-state index contributed by atoms with van der Waals surface area (Å²) in [5.41, 5.74) is 5.10. The Bertz CT molecular complexity index is 1430. The number of thiazole rings is 1. The zero-order chi connectivity index (χ0) is 20.7. The Morgan fingerprint density at radius 2 is 1.80 bits per heavy atom. The Kier molecular flexibility index (Phi) is 4.81. The van der Waals surface area contributed by atoms with Gasteiger partial charge in [-0.25, -0.2) is 9.97 Å². The van der Waals surface area contributed by atoms with Crippen LogP contribution in [0.25, 0.3) is 32.4 Å². The lowest BCUT2D eigenvalue weighted by Gasteiger charge is -2.10. The number of hydrogen-bond donors (Lipinski definition) is 1. The monoisotopic (exact) mass is 473 g/mol. The van der Waals surface area contributed by atoms with Crippen molar-refractivity contribution in [2.75, 3.05) is 5.32 Å². The van der Waals surface area contributed by atoms with E-state index in [0.29, 0.717) is 10.7 Å². The standard InChI is InChI=1S/C24H16BrN3OS/c1-14-9-10-20-22(11-14)30-24(27-20)28-23(29)18-13-21(15-5-4-6-16(25)12-15)26-19-8-3-2-7-17(18)19/h2-13H,1H3,(H,27,28,29). The second kappa shape index (κ2) is 7.63. The Morgan fingerprint density at radius 3 is 2.67 bits per heavy atom. The topological polar surface area (TPSA) is 54.9 Å². The Balaban J connectivity index is 1.58. The van der Waals surface area contributed by atoms with Crippen LogP contribution in [-0.4, -0.2) is 15.9 Å². The lowest BCUT2D eigenvalue weighted by molar-refractivity contribution is 0.102. The first-order chi connectivity index (χ1) is 14.6. The van der Waals surface area contributed by atoms with Crippen molar-refractivity contribution in [1.29, 1.82) is 0 Å². The number of nitrogens with zero attached hydrogens (tertiary/aromatic N) is 2. The van der Waals surface area contributed by atoms with Gasteiger partial charge in [-0.15, -0.1) is 0 Å². The second-order valence-electron chi connectivity index (χ2n) is 7.03. The molecule has 30 heavy (non-hydrogen) atoms. The number of carbonyl (C=O) groups excluding carboxylic acids is 1. The minimum absolute atomic E-state index is 0.194. The fourth-order valence-electron chi connectivity index (χ4n) is 3.41. The number of fused-ring (bicyclic) bond motifs is 2. The second-order valence-corrected chi connectivity index (χ2v) is 8.97. The molecule has 0 aliphatic heterocycles. The molecule has 0 atom stereocenters. The van der Waals surface area contributed by atoms with Gasteiger partial charge in [-0.2, -0.15) is 0 Å². The van der Waals surface area contributed by atoms with Crippen LogP contribution in [0.15, 0.2) is 77.3 Å². The SMILES string of the molecule is Cc1ccc2nc(NC(=O)c3cc(-c4cccc(Br)c4)nc4ccccc34)sc2c1. The third-order valence-electron chi connectivity index (χ3n) is 4.85. The van der Waals surface area contributed by atoms with Gasteiger partial charge in [0.25, 0.3) is 5.91 Å². The number of nitrogens with one attached hydrogen (secondary N) is 1. The fourth-order valence-corrected chi connectivity index (χ4v) is 4.77. The highest BCUT2D eigenvalue weighted by molar-refractivity contribution is 9.10. The molecule has 146 valence electrons. The van der Waals surface area contributed by atoms with Crippen LogP contribution in [0.2, 0.25) is 0 Å². The summed E-state index contributed by atoms with van der Waals surface area (Å²) in [5.74, 6) is -0.194. The number of hydrogen-bond acceptors (Lipinski definition) is 4. The van der Waals surface area contributed by atoms with Crippen molar-refractivity contribution >= 4 is 59.4 Å². The number of amides is 1. The first-order valence-electron chi connectivity index (χ1n) is 9.41. The van der Waals surface area contributed by atoms with Crippen LogP contribution in [0.3, 0.4) is 0 Å². The van der Waals surface area contributed by atoms with Gasteiger partial charge >= 0.3 is 0 Å². The normalized spacial score (nSPS) is 11.1. The van der Waals surface area contributed by atoms with Crippen molar-refractivity contribution in [3.63, 3.8) is 0 Å². The van der Waals surface area contributed by atoms with E-state index >= 15 is 0 Å². The molecule has 0 saturated carbocycles. The summed E-state index contributed by atoms with van der Waals surface area (Å²) >= 11 is 4.99. The number of aryl methyl sites for hydroxylation is 1. The molecule has 0 spiro atoms. The van der Waals surface area contributed by atoms with E-state index in [1.54, 1.807) is 0 Å². The van der Waals surface area contributed by atoms with Crippen molar-refractivity contribution in [2.24, 2.45) is 0 Å². The van der Waals surface area contributed by atoms with Crippen LogP contribution < -0.4 is 5.32 Å². The van der Waals surface area contributed by atoms with Crippen LogP contribution in [0.1, 0.15) is 15.9 Å². The van der Waals surface area contributed by atoms with Crippen molar-refractivity contribution < 1.29 is 4.79 Å². The number of halogens is 1. The molecule has 0 radical (unpaired) electrons. The van der Waals surface area contributed by atoms with Gasteiger partial charge in [-0.1, -0.05) is 63.7 Å². The van der Waals surface area contributed by atoms with E-state index in [9.17, 15) is 4.79 Å². The molecule has 0 unspecified atom stereocenters. The quantitative estimate of drug-likeness (QED) is 0.312. The number of para-hydroxylation sites is 1. The maximum Gasteiger partial charge on any atom is 0.258 e. The average molecular weight is 474 g/mol. The number of benzene rings is 3. The average Bonchev–Trinajstić information content (AvgIpc) is 3.14. The zero-order valence-electron chi connectivity index (χ0n) is 16.0. The summed E-state index contributed by atoms with van der Waals surface area (Å²) < 4.78 is 2.02. The van der Waals surface area contributed by atoms with E-state index in [2.05, 4.69) is 32.3 Å². The highest BCUT2D eigenvalue weighted by atomic mass is 79.9. The third kappa shape index (κ3) is 3.60. The summed E-state index contributed by atoms with van der Waals surface area (Å²) in [6.07, 6.45) is 0. The molecule has 0 aliphatic rings. The molecule has 2 aromatic heterocycles. The number of aromatic nitrogens is 2. The van der Waals surface area contributed by atoms with Crippen LogP contribution >= 0.6 is 27.3 Å². The Labute approximate surface area is 185 Å². The third-order valence-corrected chi connectivity index (χ3v) is 6.27. The number of rotatable bonds is 3. The number of carbonyl (C=O) groups is 1. The lowest BCUT2D eigenvalue weighted by Crippen LogP contribution is -2.13. The van der Waals surface area contributed by atoms with Crippen molar-refractivity contribution in [2.45, 2.75) is 6.92 Å². The van der Waals surface area contributed by atoms with Crippen molar-refractivity contribution in [1.82, 2.24) is 9.97 Å². The fraction of sp³-hybridized carbons (Fsp3) is 0.0417. The molecule has 5 aromatic rings. The van der Waals surface area contributed by atoms with Gasteiger partial charge in [0.2, 0.25) is 0 Å². The maximum absolute atomic E-state index is 13.2. The van der Waals surface area contributed by atoms with Gasteiger partial charge < -0.3 is 0 Å². The van der Waals surface area contributed by atoms with E-state index in [1.165, 1.54) is 16.9 Å². The highest BCUT2D eigenvalue weighted by Gasteiger charge is 2.16. The van der Waals surface area contributed by atoms with Gasteiger partial charge in [0.15, 0.2) is 5.13 Å². The maximum atomic E-state index is 13.2. The van der Waals surface area contributed by atoms with E-state index in [-0.39, 0.29) is 5.91 Å². The van der Waals surface area contributed by atoms with Gasteiger partial charge in [0, 0.05) is 15.4 Å².